The second kappa shape index (κ2) is 5.71. The highest BCUT2D eigenvalue weighted by molar-refractivity contribution is 5.43. The fourth-order valence-corrected chi connectivity index (χ4v) is 1.81. The van der Waals surface area contributed by atoms with Crippen molar-refractivity contribution in [1.82, 2.24) is 10.3 Å². The maximum Gasteiger partial charge on any atom is 0.126 e. The second-order valence-electron chi connectivity index (χ2n) is 3.92. The first-order valence-electron chi connectivity index (χ1n) is 5.56. The number of hydrogen-bond acceptors (Lipinski definition) is 3. The van der Waals surface area contributed by atoms with Gasteiger partial charge < -0.3 is 11.1 Å². The molecule has 1 unspecified atom stereocenters. The molecule has 3 N–H and O–H groups in total. The molecule has 3 heteroatoms. The molecular weight excluding hydrogens is 186 g/mol. The maximum atomic E-state index is 5.86. The molecule has 0 spiro atoms. The molecule has 1 atom stereocenters. The van der Waals surface area contributed by atoms with Crippen LogP contribution in [0, 0.1) is 6.92 Å². The first kappa shape index (κ1) is 12.0. The van der Waals surface area contributed by atoms with Gasteiger partial charge in [0.05, 0.1) is 0 Å². The summed E-state index contributed by atoms with van der Waals surface area (Å²) >= 11 is 0. The van der Waals surface area contributed by atoms with Crippen molar-refractivity contribution in [2.75, 3.05) is 12.8 Å². The summed E-state index contributed by atoms with van der Waals surface area (Å²) in [5.74, 6) is 0.681. The van der Waals surface area contributed by atoms with Gasteiger partial charge in [-0.3, -0.25) is 0 Å². The Balaban J connectivity index is 2.64. The van der Waals surface area contributed by atoms with E-state index in [4.69, 9.17) is 5.73 Å². The van der Waals surface area contributed by atoms with Crippen molar-refractivity contribution in [3.8, 4) is 0 Å². The number of anilines is 1. The van der Waals surface area contributed by atoms with Crippen LogP contribution in [0.25, 0.3) is 0 Å². The lowest BCUT2D eigenvalue weighted by molar-refractivity contribution is 0.508. The lowest BCUT2D eigenvalue weighted by Crippen LogP contribution is -2.24. The summed E-state index contributed by atoms with van der Waals surface area (Å²) < 4.78 is 0. The molecule has 1 rings (SSSR count). The van der Waals surface area contributed by atoms with Crippen LogP contribution in [0.5, 0.6) is 0 Å². The van der Waals surface area contributed by atoms with Crippen LogP contribution in [0.2, 0.25) is 0 Å². The number of pyridine rings is 1. The van der Waals surface area contributed by atoms with Gasteiger partial charge in [0, 0.05) is 12.2 Å². The van der Waals surface area contributed by atoms with Crippen LogP contribution < -0.4 is 11.1 Å². The Hall–Kier alpha value is -1.09. The lowest BCUT2D eigenvalue weighted by atomic mass is 10.0. The van der Waals surface area contributed by atoms with E-state index >= 15 is 0 Å². The number of aromatic nitrogens is 1. The zero-order valence-electron chi connectivity index (χ0n) is 9.88. The van der Waals surface area contributed by atoms with E-state index in [1.807, 2.05) is 13.1 Å². The van der Waals surface area contributed by atoms with E-state index < -0.39 is 0 Å². The normalized spacial score (nSPS) is 12.7. The van der Waals surface area contributed by atoms with Crippen molar-refractivity contribution in [2.45, 2.75) is 39.2 Å². The molecule has 1 aromatic heterocycles. The first-order chi connectivity index (χ1) is 7.19. The molecule has 0 fully saturated rings. The highest BCUT2D eigenvalue weighted by Gasteiger charge is 2.07. The Bertz CT molecular complexity index is 285. The molecular formula is C12H21N3. The standard InChI is InChI=1S/C12H21N3/c1-4-10(14-3)5-6-11-9(2)7-8-15-12(11)13/h7-8,10,14H,4-6H2,1-3H3,(H2,13,15). The Labute approximate surface area is 92.1 Å². The van der Waals surface area contributed by atoms with E-state index in [0.717, 1.165) is 19.3 Å². The number of nitrogen functional groups attached to an aromatic ring is 1. The molecule has 0 aliphatic carbocycles. The fraction of sp³-hybridized carbons (Fsp3) is 0.583. The number of aryl methyl sites for hydroxylation is 1. The van der Waals surface area contributed by atoms with Crippen LogP contribution in [-0.4, -0.2) is 18.1 Å². The Kier molecular flexibility index (Phi) is 4.56. The largest absolute Gasteiger partial charge is 0.383 e. The van der Waals surface area contributed by atoms with Gasteiger partial charge in [0.25, 0.3) is 0 Å². The molecule has 1 heterocycles. The van der Waals surface area contributed by atoms with Crippen LogP contribution in [0.15, 0.2) is 12.3 Å². The molecule has 0 saturated carbocycles. The van der Waals surface area contributed by atoms with Crippen LogP contribution in [0.4, 0.5) is 5.82 Å². The monoisotopic (exact) mass is 207 g/mol. The van der Waals surface area contributed by atoms with Gasteiger partial charge in [-0.2, -0.15) is 0 Å². The first-order valence-corrected chi connectivity index (χ1v) is 5.56. The molecule has 3 nitrogen and oxygen atoms in total. The number of rotatable bonds is 5. The Morgan fingerprint density at radius 3 is 2.80 bits per heavy atom. The number of nitrogens with one attached hydrogen (secondary N) is 1. The molecule has 0 saturated heterocycles. The third-order valence-corrected chi connectivity index (χ3v) is 2.97. The average Bonchev–Trinajstić information content (AvgIpc) is 2.23. The van der Waals surface area contributed by atoms with E-state index in [0.29, 0.717) is 11.9 Å². The second-order valence-corrected chi connectivity index (χ2v) is 3.92. The van der Waals surface area contributed by atoms with Crippen molar-refractivity contribution < 1.29 is 0 Å². The number of hydrogen-bond donors (Lipinski definition) is 2. The third kappa shape index (κ3) is 3.20. The predicted octanol–water partition coefficient (Wildman–Crippen LogP) is 1.90. The minimum atomic E-state index is 0.573. The minimum Gasteiger partial charge on any atom is -0.383 e. The van der Waals surface area contributed by atoms with Crippen LogP contribution in [0.1, 0.15) is 30.9 Å². The van der Waals surface area contributed by atoms with Gasteiger partial charge in [0.1, 0.15) is 5.82 Å². The van der Waals surface area contributed by atoms with Crippen molar-refractivity contribution in [2.24, 2.45) is 0 Å². The van der Waals surface area contributed by atoms with Crippen molar-refractivity contribution >= 4 is 5.82 Å². The van der Waals surface area contributed by atoms with Gasteiger partial charge in [-0.25, -0.2) is 4.98 Å². The SMILES string of the molecule is CCC(CCc1c(C)ccnc1N)NC. The summed E-state index contributed by atoms with van der Waals surface area (Å²) in [6.45, 7) is 4.29. The number of nitrogens with zero attached hydrogens (tertiary/aromatic N) is 1. The van der Waals surface area contributed by atoms with Crippen molar-refractivity contribution in [3.05, 3.63) is 23.4 Å². The van der Waals surface area contributed by atoms with E-state index in [-0.39, 0.29) is 0 Å². The molecule has 0 aliphatic rings. The average molecular weight is 207 g/mol. The highest BCUT2D eigenvalue weighted by atomic mass is 14.9. The summed E-state index contributed by atoms with van der Waals surface area (Å²) in [4.78, 5) is 4.13. The lowest BCUT2D eigenvalue weighted by Gasteiger charge is -2.15. The van der Waals surface area contributed by atoms with Gasteiger partial charge in [-0.15, -0.1) is 0 Å². The molecule has 0 aromatic carbocycles. The smallest absolute Gasteiger partial charge is 0.126 e. The topological polar surface area (TPSA) is 50.9 Å². The summed E-state index contributed by atoms with van der Waals surface area (Å²) in [5, 5.41) is 3.30. The third-order valence-electron chi connectivity index (χ3n) is 2.97. The molecule has 0 amide bonds. The molecule has 0 radical (unpaired) electrons. The highest BCUT2D eigenvalue weighted by Crippen LogP contribution is 2.16. The molecule has 0 aliphatic heterocycles. The Morgan fingerprint density at radius 1 is 1.53 bits per heavy atom. The molecule has 1 aromatic rings. The van der Waals surface area contributed by atoms with Crippen LogP contribution in [0.3, 0.4) is 0 Å². The molecule has 0 bridgehead atoms. The van der Waals surface area contributed by atoms with Crippen molar-refractivity contribution in [1.29, 1.82) is 0 Å². The van der Waals surface area contributed by atoms with E-state index in [9.17, 15) is 0 Å². The zero-order valence-corrected chi connectivity index (χ0v) is 9.88. The van der Waals surface area contributed by atoms with Gasteiger partial charge in [0.15, 0.2) is 0 Å². The summed E-state index contributed by atoms with van der Waals surface area (Å²) in [6.07, 6.45) is 5.04. The van der Waals surface area contributed by atoms with Gasteiger partial charge in [0.2, 0.25) is 0 Å². The van der Waals surface area contributed by atoms with Crippen LogP contribution >= 0.6 is 0 Å². The summed E-state index contributed by atoms with van der Waals surface area (Å²) in [6, 6.07) is 2.59. The van der Waals surface area contributed by atoms with Gasteiger partial charge >= 0.3 is 0 Å². The van der Waals surface area contributed by atoms with Gasteiger partial charge in [-0.1, -0.05) is 6.92 Å². The van der Waals surface area contributed by atoms with E-state index in [1.165, 1.54) is 11.1 Å². The molecule has 15 heavy (non-hydrogen) atoms. The zero-order chi connectivity index (χ0) is 11.3. The Morgan fingerprint density at radius 2 is 2.27 bits per heavy atom. The van der Waals surface area contributed by atoms with E-state index in [1.54, 1.807) is 6.20 Å². The summed E-state index contributed by atoms with van der Waals surface area (Å²) in [5.41, 5.74) is 8.30. The number of nitrogens with two attached hydrogens (primary N) is 1. The predicted molar refractivity (Wildman–Crippen MR) is 64.8 cm³/mol. The van der Waals surface area contributed by atoms with Crippen LogP contribution in [-0.2, 0) is 6.42 Å². The molecule has 84 valence electrons. The summed E-state index contributed by atoms with van der Waals surface area (Å²) in [7, 11) is 2.01. The van der Waals surface area contributed by atoms with Gasteiger partial charge in [-0.05, 0) is 50.4 Å². The maximum absolute atomic E-state index is 5.86. The fourth-order valence-electron chi connectivity index (χ4n) is 1.81. The van der Waals surface area contributed by atoms with Crippen molar-refractivity contribution in [3.63, 3.8) is 0 Å². The quantitative estimate of drug-likeness (QED) is 0.775. The minimum absolute atomic E-state index is 0.573. The van der Waals surface area contributed by atoms with E-state index in [2.05, 4.69) is 24.1 Å².